The van der Waals surface area contributed by atoms with Crippen LogP contribution in [0, 0.1) is 5.82 Å². The van der Waals surface area contributed by atoms with Crippen LogP contribution >= 0.6 is 0 Å². The van der Waals surface area contributed by atoms with Crippen LogP contribution in [0.1, 0.15) is 54.2 Å². The highest BCUT2D eigenvalue weighted by molar-refractivity contribution is 6.09. The summed E-state index contributed by atoms with van der Waals surface area (Å²) in [5.41, 5.74) is 0.713. The van der Waals surface area contributed by atoms with E-state index in [1.54, 1.807) is 67.8 Å². The van der Waals surface area contributed by atoms with E-state index in [1.165, 1.54) is 17.2 Å². The highest BCUT2D eigenvalue weighted by Gasteiger charge is 2.36. The minimum absolute atomic E-state index is 0.00167. The van der Waals surface area contributed by atoms with Crippen molar-refractivity contribution in [1.82, 2.24) is 10.3 Å². The Hall–Kier alpha value is -3.74. The summed E-state index contributed by atoms with van der Waals surface area (Å²) in [6, 6.07) is 16.6. The molecule has 0 spiro atoms. The van der Waals surface area contributed by atoms with Crippen molar-refractivity contribution in [2.45, 2.75) is 44.2 Å². The maximum atomic E-state index is 15.1. The minimum atomic E-state index is -1.22. The number of aromatic nitrogens is 1. The van der Waals surface area contributed by atoms with E-state index in [-0.39, 0.29) is 17.3 Å². The van der Waals surface area contributed by atoms with Gasteiger partial charge in [0.15, 0.2) is 0 Å². The fourth-order valence-electron chi connectivity index (χ4n) is 4.36. The molecule has 0 radical (unpaired) electrons. The van der Waals surface area contributed by atoms with E-state index in [0.29, 0.717) is 11.4 Å². The number of rotatable bonds is 7. The van der Waals surface area contributed by atoms with Gasteiger partial charge in [0, 0.05) is 23.5 Å². The summed E-state index contributed by atoms with van der Waals surface area (Å²) >= 11 is 0. The Bertz CT molecular complexity index is 1120. The second-order valence-corrected chi connectivity index (χ2v) is 8.36. The number of benzene rings is 2. The van der Waals surface area contributed by atoms with Crippen LogP contribution in [0.2, 0.25) is 0 Å². The monoisotopic (exact) mass is 461 g/mol. The lowest BCUT2D eigenvalue weighted by Gasteiger charge is -2.33. The van der Waals surface area contributed by atoms with Crippen molar-refractivity contribution in [2.24, 2.45) is 0 Å². The van der Waals surface area contributed by atoms with Gasteiger partial charge in [0.1, 0.15) is 23.3 Å². The van der Waals surface area contributed by atoms with Gasteiger partial charge in [-0.3, -0.25) is 19.5 Å². The van der Waals surface area contributed by atoms with Crippen molar-refractivity contribution in [3.63, 3.8) is 0 Å². The summed E-state index contributed by atoms with van der Waals surface area (Å²) in [5, 5.41) is 3.08. The van der Waals surface area contributed by atoms with Crippen LogP contribution in [0.4, 0.5) is 10.1 Å². The zero-order valence-electron chi connectivity index (χ0n) is 19.1. The van der Waals surface area contributed by atoms with Crippen LogP contribution < -0.4 is 15.0 Å². The van der Waals surface area contributed by atoms with Crippen molar-refractivity contribution in [2.75, 3.05) is 12.0 Å². The molecule has 1 N–H and O–H groups in total. The third kappa shape index (κ3) is 5.25. The maximum Gasteiger partial charge on any atom is 0.277 e. The largest absolute Gasteiger partial charge is 0.497 e. The Balaban J connectivity index is 1.81. The third-order valence-electron chi connectivity index (χ3n) is 6.11. The molecule has 1 saturated carbocycles. The second-order valence-electron chi connectivity index (χ2n) is 8.36. The normalized spacial score (nSPS) is 14.8. The lowest BCUT2D eigenvalue weighted by Crippen LogP contribution is -2.47. The average molecular weight is 462 g/mol. The average Bonchev–Trinajstić information content (AvgIpc) is 2.88. The molecule has 7 heteroatoms. The topological polar surface area (TPSA) is 71.5 Å². The van der Waals surface area contributed by atoms with E-state index in [1.807, 2.05) is 0 Å². The number of anilines is 1. The molecular weight excluding hydrogens is 433 g/mol. The number of nitrogens with one attached hydrogen (secondary N) is 1. The van der Waals surface area contributed by atoms with Crippen molar-refractivity contribution in [3.05, 3.63) is 90.0 Å². The first kappa shape index (κ1) is 23.4. The molecule has 1 aliphatic rings. The molecule has 1 aromatic heterocycles. The molecule has 176 valence electrons. The summed E-state index contributed by atoms with van der Waals surface area (Å²) in [6.45, 7) is 0. The number of hydrogen-bond donors (Lipinski definition) is 1. The van der Waals surface area contributed by atoms with E-state index in [4.69, 9.17) is 4.74 Å². The molecule has 1 aliphatic carbocycles. The molecule has 4 rings (SSSR count). The van der Waals surface area contributed by atoms with Crippen LogP contribution in [0.3, 0.4) is 0 Å². The number of methoxy groups -OCH3 is 1. The number of hydrogen-bond acceptors (Lipinski definition) is 4. The Morgan fingerprint density at radius 2 is 1.71 bits per heavy atom. The number of carbonyl (C=O) groups excluding carboxylic acids is 2. The predicted molar refractivity (Wildman–Crippen MR) is 128 cm³/mol. The first-order valence-electron chi connectivity index (χ1n) is 11.5. The van der Waals surface area contributed by atoms with Gasteiger partial charge in [-0.25, -0.2) is 4.39 Å². The van der Waals surface area contributed by atoms with Crippen molar-refractivity contribution in [1.29, 1.82) is 0 Å². The number of carbonyl (C=O) groups is 2. The fourth-order valence-corrected chi connectivity index (χ4v) is 4.36. The number of nitrogens with zero attached hydrogens (tertiary/aromatic N) is 2. The molecule has 0 saturated heterocycles. The molecule has 1 fully saturated rings. The van der Waals surface area contributed by atoms with E-state index in [0.717, 1.165) is 32.1 Å². The molecule has 2 amide bonds. The Labute approximate surface area is 198 Å². The van der Waals surface area contributed by atoms with Gasteiger partial charge in [0.05, 0.1) is 7.11 Å². The molecule has 6 nitrogen and oxygen atoms in total. The molecular formula is C27H28FN3O3. The van der Waals surface area contributed by atoms with Crippen LogP contribution in [-0.2, 0) is 4.79 Å². The summed E-state index contributed by atoms with van der Waals surface area (Å²) in [5.74, 6) is -0.878. The molecule has 34 heavy (non-hydrogen) atoms. The smallest absolute Gasteiger partial charge is 0.277 e. The quantitative estimate of drug-likeness (QED) is 0.534. The molecule has 1 atom stereocenters. The van der Waals surface area contributed by atoms with Crippen LogP contribution in [-0.4, -0.2) is 29.9 Å². The van der Waals surface area contributed by atoms with Crippen LogP contribution in [0.25, 0.3) is 0 Å². The van der Waals surface area contributed by atoms with Crippen molar-refractivity contribution < 1.29 is 18.7 Å². The summed E-state index contributed by atoms with van der Waals surface area (Å²) < 4.78 is 20.3. The van der Waals surface area contributed by atoms with E-state index >= 15 is 4.39 Å². The second kappa shape index (κ2) is 10.9. The van der Waals surface area contributed by atoms with Crippen LogP contribution in [0.15, 0.2) is 72.9 Å². The van der Waals surface area contributed by atoms with E-state index < -0.39 is 23.7 Å². The third-order valence-corrected chi connectivity index (χ3v) is 6.11. The Kier molecular flexibility index (Phi) is 7.52. The minimum Gasteiger partial charge on any atom is -0.497 e. The van der Waals surface area contributed by atoms with Crippen LogP contribution in [0.5, 0.6) is 5.75 Å². The van der Waals surface area contributed by atoms with Gasteiger partial charge in [-0.15, -0.1) is 0 Å². The molecule has 3 aromatic rings. The van der Waals surface area contributed by atoms with Gasteiger partial charge in [-0.1, -0.05) is 43.5 Å². The number of ether oxygens (including phenoxy) is 1. The highest BCUT2D eigenvalue weighted by Crippen LogP contribution is 2.32. The van der Waals surface area contributed by atoms with Gasteiger partial charge >= 0.3 is 0 Å². The first-order valence-corrected chi connectivity index (χ1v) is 11.5. The standard InChI is InChI=1S/C27H28FN3O3/c1-34-21-16-14-20(15-17-21)31(27(33)24-13-7-8-18-29-24)25(22-11-5-6-12-23(22)28)26(32)30-19-9-3-2-4-10-19/h5-8,11-19,25H,2-4,9-10H2,1H3,(H,30,32)/t25-/m1/s1. The van der Waals surface area contributed by atoms with Gasteiger partial charge in [-0.2, -0.15) is 0 Å². The lowest BCUT2D eigenvalue weighted by molar-refractivity contribution is -0.123. The molecule has 1 heterocycles. The molecule has 0 aliphatic heterocycles. The van der Waals surface area contributed by atoms with E-state index in [9.17, 15) is 9.59 Å². The van der Waals surface area contributed by atoms with Gasteiger partial charge in [0.25, 0.3) is 5.91 Å². The summed E-state index contributed by atoms with van der Waals surface area (Å²) in [6.07, 6.45) is 6.45. The van der Waals surface area contributed by atoms with E-state index in [2.05, 4.69) is 10.3 Å². The Morgan fingerprint density at radius 1 is 1.00 bits per heavy atom. The number of halogens is 1. The predicted octanol–water partition coefficient (Wildman–Crippen LogP) is 5.07. The zero-order chi connectivity index (χ0) is 23.9. The van der Waals surface area contributed by atoms with Crippen molar-refractivity contribution >= 4 is 17.5 Å². The van der Waals surface area contributed by atoms with Gasteiger partial charge in [0.2, 0.25) is 5.91 Å². The van der Waals surface area contributed by atoms with Crippen molar-refractivity contribution in [3.8, 4) is 5.75 Å². The number of amides is 2. The fraction of sp³-hybridized carbons (Fsp3) is 0.296. The SMILES string of the molecule is COc1ccc(N(C(=O)c2ccccn2)[C@@H](C(=O)NC2CCCCC2)c2ccccc2F)cc1. The zero-order valence-corrected chi connectivity index (χ0v) is 19.1. The maximum absolute atomic E-state index is 15.1. The molecule has 0 unspecified atom stereocenters. The summed E-state index contributed by atoms with van der Waals surface area (Å²) in [7, 11) is 1.55. The first-order chi connectivity index (χ1) is 16.6. The van der Waals surface area contributed by atoms with Gasteiger partial charge < -0.3 is 10.1 Å². The summed E-state index contributed by atoms with van der Waals surface area (Å²) in [4.78, 5) is 33.0. The number of pyridine rings is 1. The Morgan fingerprint density at radius 3 is 2.35 bits per heavy atom. The lowest BCUT2D eigenvalue weighted by atomic mass is 9.94. The highest BCUT2D eigenvalue weighted by atomic mass is 19.1. The molecule has 0 bridgehead atoms. The van der Waals surface area contributed by atoms with Gasteiger partial charge in [-0.05, 0) is 55.3 Å². The molecule has 2 aromatic carbocycles.